The van der Waals surface area contributed by atoms with Gasteiger partial charge in [-0.1, -0.05) is 31.5 Å². The van der Waals surface area contributed by atoms with E-state index in [4.69, 9.17) is 23.2 Å². The summed E-state index contributed by atoms with van der Waals surface area (Å²) in [5, 5.41) is 0.409. The summed E-state index contributed by atoms with van der Waals surface area (Å²) in [4.78, 5) is 21.5. The zero-order valence-corrected chi connectivity index (χ0v) is 17.5. The molecule has 3 rings (SSSR count). The lowest BCUT2D eigenvalue weighted by Gasteiger charge is -2.32. The Balaban J connectivity index is 0.00000166. The second-order valence-electron chi connectivity index (χ2n) is 6.18. The predicted molar refractivity (Wildman–Crippen MR) is 108 cm³/mol. The van der Waals surface area contributed by atoms with Crippen molar-refractivity contribution in [3.05, 3.63) is 64.0 Å². The van der Waals surface area contributed by atoms with Gasteiger partial charge in [0.2, 0.25) is 5.95 Å². The molecule has 1 aliphatic rings. The minimum atomic E-state index is -4.68. The van der Waals surface area contributed by atoms with Crippen LogP contribution in [0.2, 0.25) is 5.02 Å². The van der Waals surface area contributed by atoms with E-state index in [1.165, 1.54) is 11.0 Å². The third-order valence-corrected chi connectivity index (χ3v) is 4.69. The van der Waals surface area contributed by atoms with Crippen LogP contribution in [-0.2, 0) is 6.18 Å². The molecule has 2 aromatic rings. The zero-order chi connectivity index (χ0) is 23.3. The van der Waals surface area contributed by atoms with Crippen molar-refractivity contribution in [3.8, 4) is 0 Å². The van der Waals surface area contributed by atoms with E-state index in [0.717, 1.165) is 29.5 Å². The second kappa shape index (κ2) is 9.92. The number of amides is 1. The van der Waals surface area contributed by atoms with Crippen LogP contribution in [0.3, 0.4) is 0 Å². The number of carbonyl (C=O) groups is 1. The van der Waals surface area contributed by atoms with E-state index < -0.39 is 28.5 Å². The van der Waals surface area contributed by atoms with Crippen molar-refractivity contribution in [2.45, 2.75) is 26.4 Å². The van der Waals surface area contributed by atoms with E-state index in [9.17, 15) is 22.4 Å². The molecule has 0 atom stereocenters. The monoisotopic (exact) mass is 460 g/mol. The molecule has 1 aromatic carbocycles. The fourth-order valence-electron chi connectivity index (χ4n) is 2.86. The number of nitrogens with two attached hydrogens (primary N) is 2. The van der Waals surface area contributed by atoms with Crippen molar-refractivity contribution in [1.82, 2.24) is 14.9 Å². The van der Waals surface area contributed by atoms with Gasteiger partial charge in [-0.15, -0.1) is 0 Å². The molecule has 0 fully saturated rings. The first kappa shape index (κ1) is 24.4. The highest BCUT2D eigenvalue weighted by molar-refractivity contribution is 6.34. The van der Waals surface area contributed by atoms with Crippen molar-refractivity contribution in [2.75, 3.05) is 18.1 Å². The lowest BCUT2D eigenvalue weighted by atomic mass is 10.1. The molecular formula is C19H21ClF4N6O. The smallest absolute Gasteiger partial charge is 0.399 e. The third-order valence-electron chi connectivity index (χ3n) is 4.29. The first-order valence-corrected chi connectivity index (χ1v) is 9.62. The van der Waals surface area contributed by atoms with E-state index in [2.05, 4.69) is 9.97 Å². The van der Waals surface area contributed by atoms with Crippen molar-refractivity contribution in [3.63, 3.8) is 0 Å². The number of benzene rings is 1. The topological polar surface area (TPSA) is 101 Å². The maximum absolute atomic E-state index is 13.0. The summed E-state index contributed by atoms with van der Waals surface area (Å²) in [7, 11) is 0. The van der Waals surface area contributed by atoms with Gasteiger partial charge in [0.05, 0.1) is 40.8 Å². The molecule has 1 aromatic heterocycles. The van der Waals surface area contributed by atoms with Crippen LogP contribution in [0.25, 0.3) is 0 Å². The van der Waals surface area contributed by atoms with Crippen molar-refractivity contribution in [2.24, 2.45) is 11.6 Å². The van der Waals surface area contributed by atoms with Crippen LogP contribution in [-0.4, -0.2) is 33.9 Å². The summed E-state index contributed by atoms with van der Waals surface area (Å²) in [5.41, 5.74) is 5.26. The van der Waals surface area contributed by atoms with Crippen LogP contribution in [0.5, 0.6) is 0 Å². The molecular weight excluding hydrogens is 440 g/mol. The van der Waals surface area contributed by atoms with Gasteiger partial charge >= 0.3 is 6.18 Å². The molecule has 2 heterocycles. The van der Waals surface area contributed by atoms with Crippen LogP contribution in [0, 0.1) is 5.82 Å². The molecule has 0 aliphatic carbocycles. The van der Waals surface area contributed by atoms with E-state index >= 15 is 0 Å². The van der Waals surface area contributed by atoms with E-state index in [1.807, 2.05) is 13.8 Å². The Bertz CT molecular complexity index is 965. The van der Waals surface area contributed by atoms with E-state index in [-0.39, 0.29) is 36.7 Å². The zero-order valence-electron chi connectivity index (χ0n) is 16.7. The van der Waals surface area contributed by atoms with Crippen molar-refractivity contribution < 1.29 is 22.4 Å². The average Bonchev–Trinajstić information content (AvgIpc) is 2.74. The number of nitrogens with zero attached hydrogens (tertiary/aromatic N) is 4. The number of carbonyl (C=O) groups excluding carboxylic acids is 1. The third kappa shape index (κ3) is 5.42. The minimum Gasteiger partial charge on any atom is -0.399 e. The van der Waals surface area contributed by atoms with Crippen LogP contribution in [0.4, 0.5) is 23.5 Å². The Morgan fingerprint density at radius 2 is 1.84 bits per heavy atom. The second-order valence-corrected chi connectivity index (χ2v) is 6.56. The molecule has 1 aliphatic heterocycles. The number of aromatic nitrogens is 2. The van der Waals surface area contributed by atoms with Crippen LogP contribution in [0.15, 0.2) is 42.0 Å². The molecule has 1 amide bonds. The number of halogens is 5. The molecule has 0 unspecified atom stereocenters. The van der Waals surface area contributed by atoms with Gasteiger partial charge < -0.3 is 10.6 Å². The van der Waals surface area contributed by atoms with Gasteiger partial charge in [0.1, 0.15) is 0 Å². The fraction of sp³-hybridized carbons (Fsp3) is 0.316. The normalized spacial score (nSPS) is 14.1. The largest absolute Gasteiger partial charge is 0.417 e. The van der Waals surface area contributed by atoms with Crippen LogP contribution >= 0.6 is 11.6 Å². The Kier molecular flexibility index (Phi) is 7.80. The average molecular weight is 461 g/mol. The molecule has 7 nitrogen and oxygen atoms in total. The fourth-order valence-corrected chi connectivity index (χ4v) is 3.18. The predicted octanol–water partition coefficient (Wildman–Crippen LogP) is 3.71. The maximum Gasteiger partial charge on any atom is 0.417 e. The van der Waals surface area contributed by atoms with Gasteiger partial charge in [0, 0.05) is 18.7 Å². The van der Waals surface area contributed by atoms with Crippen LogP contribution in [0.1, 0.15) is 36.2 Å². The summed E-state index contributed by atoms with van der Waals surface area (Å²) in [6.45, 7) is 4.03. The summed E-state index contributed by atoms with van der Waals surface area (Å²) >= 11 is 5.83. The van der Waals surface area contributed by atoms with Gasteiger partial charge in [-0.2, -0.15) is 13.2 Å². The lowest BCUT2D eigenvalue weighted by molar-refractivity contribution is -0.137. The molecule has 12 heteroatoms. The van der Waals surface area contributed by atoms with E-state index in [1.54, 1.807) is 0 Å². The molecule has 0 bridgehead atoms. The van der Waals surface area contributed by atoms with Crippen LogP contribution < -0.4 is 16.6 Å². The Hall–Kier alpha value is -2.92. The highest BCUT2D eigenvalue weighted by atomic mass is 35.5. The maximum atomic E-state index is 13.0. The molecule has 0 spiro atoms. The SMILES string of the molecule is CC.NC1=C(N(N)c2ncc(F)cn2)CCN(C(=O)c2cccc(C(F)(F)F)c2Cl)C1. The quantitative estimate of drug-likeness (QED) is 0.411. The molecule has 0 saturated heterocycles. The molecule has 0 radical (unpaired) electrons. The number of anilines is 1. The number of rotatable bonds is 3. The first-order valence-electron chi connectivity index (χ1n) is 9.24. The highest BCUT2D eigenvalue weighted by Crippen LogP contribution is 2.36. The minimum absolute atomic E-state index is 0.00468. The van der Waals surface area contributed by atoms with E-state index in [0.29, 0.717) is 5.70 Å². The van der Waals surface area contributed by atoms with Gasteiger partial charge in [0.25, 0.3) is 5.91 Å². The molecule has 4 N–H and O–H groups in total. The number of hydrogen-bond donors (Lipinski definition) is 2. The summed E-state index contributed by atoms with van der Waals surface area (Å²) < 4.78 is 52.1. The van der Waals surface area contributed by atoms with Crippen molar-refractivity contribution in [1.29, 1.82) is 0 Å². The lowest BCUT2D eigenvalue weighted by Crippen LogP contribution is -2.44. The Labute approximate surface area is 181 Å². The van der Waals surface area contributed by atoms with Gasteiger partial charge in [-0.3, -0.25) is 4.79 Å². The first-order chi connectivity index (χ1) is 14.6. The molecule has 168 valence electrons. The molecule has 31 heavy (non-hydrogen) atoms. The molecule has 0 saturated carbocycles. The highest BCUT2D eigenvalue weighted by Gasteiger charge is 2.35. The standard InChI is InChI=1S/C17H15ClF4N6O.C2H6/c18-14-10(2-1-3-11(14)17(20,21)22)15(29)27-5-4-13(12(23)8-27)28(24)16-25-6-9(19)7-26-16;1-2/h1-3,6-7H,4-5,8,23-24H2;1-2H3. The summed E-state index contributed by atoms with van der Waals surface area (Å²) in [6, 6.07) is 3.14. The Morgan fingerprint density at radius 3 is 2.39 bits per heavy atom. The Morgan fingerprint density at radius 1 is 1.23 bits per heavy atom. The number of hydrazine groups is 1. The summed E-state index contributed by atoms with van der Waals surface area (Å²) in [5.74, 6) is 4.61. The van der Waals surface area contributed by atoms with Crippen molar-refractivity contribution >= 4 is 23.5 Å². The summed E-state index contributed by atoms with van der Waals surface area (Å²) in [6.07, 6.45) is -2.62. The number of hydrogen-bond acceptors (Lipinski definition) is 6. The van der Waals surface area contributed by atoms with Gasteiger partial charge in [-0.05, 0) is 12.1 Å². The van der Waals surface area contributed by atoms with Gasteiger partial charge in [0.15, 0.2) is 5.82 Å². The van der Waals surface area contributed by atoms with Gasteiger partial charge in [-0.25, -0.2) is 25.2 Å². The number of alkyl halides is 3.